The van der Waals surface area contributed by atoms with Crippen LogP contribution in [0, 0.1) is 0 Å². The Kier molecular flexibility index (Phi) is 7.65. The van der Waals surface area contributed by atoms with Crippen LogP contribution in [0.5, 0.6) is 0 Å². The summed E-state index contributed by atoms with van der Waals surface area (Å²) in [6.45, 7) is 3.90. The zero-order valence-corrected chi connectivity index (χ0v) is 11.4. The van der Waals surface area contributed by atoms with Crippen molar-refractivity contribution in [1.29, 1.82) is 0 Å². The topological polar surface area (TPSA) is 35.5 Å². The first kappa shape index (κ1) is 15.2. The fourth-order valence-electron chi connectivity index (χ4n) is 1.38. The van der Waals surface area contributed by atoms with Gasteiger partial charge in [-0.05, 0) is 18.6 Å². The first-order valence-electron chi connectivity index (χ1n) is 6.18. The van der Waals surface area contributed by atoms with E-state index in [1.54, 1.807) is 24.3 Å². The summed E-state index contributed by atoms with van der Waals surface area (Å²) in [6.07, 6.45) is 2.18. The van der Waals surface area contributed by atoms with Crippen LogP contribution in [0.15, 0.2) is 24.3 Å². The number of hydrogen-bond acceptors (Lipinski definition) is 3. The van der Waals surface area contributed by atoms with E-state index in [0.717, 1.165) is 19.4 Å². The van der Waals surface area contributed by atoms with Gasteiger partial charge < -0.3 is 9.47 Å². The van der Waals surface area contributed by atoms with Crippen molar-refractivity contribution < 1.29 is 14.3 Å². The van der Waals surface area contributed by atoms with Gasteiger partial charge in [0.2, 0.25) is 0 Å². The third-order valence-corrected chi connectivity index (χ3v) is 2.63. The quantitative estimate of drug-likeness (QED) is 0.510. The number of ketones is 1. The van der Waals surface area contributed by atoms with E-state index in [2.05, 4.69) is 6.92 Å². The summed E-state index contributed by atoms with van der Waals surface area (Å²) in [6, 6.07) is 6.87. The summed E-state index contributed by atoms with van der Waals surface area (Å²) in [4.78, 5) is 11.7. The van der Waals surface area contributed by atoms with Gasteiger partial charge in [0.15, 0.2) is 5.78 Å². The average Bonchev–Trinajstić information content (AvgIpc) is 2.37. The predicted molar refractivity (Wildman–Crippen MR) is 72.3 cm³/mol. The molecule has 100 valence electrons. The Morgan fingerprint density at radius 2 is 2.00 bits per heavy atom. The molecule has 0 saturated carbocycles. The van der Waals surface area contributed by atoms with Crippen LogP contribution in [0.1, 0.15) is 30.1 Å². The monoisotopic (exact) mass is 270 g/mol. The number of ether oxygens (including phenoxy) is 2. The second kappa shape index (κ2) is 9.09. The molecule has 0 saturated heterocycles. The van der Waals surface area contributed by atoms with Crippen LogP contribution < -0.4 is 0 Å². The van der Waals surface area contributed by atoms with Crippen molar-refractivity contribution in [2.45, 2.75) is 19.8 Å². The van der Waals surface area contributed by atoms with Gasteiger partial charge in [-0.1, -0.05) is 37.1 Å². The van der Waals surface area contributed by atoms with E-state index in [0.29, 0.717) is 23.8 Å². The van der Waals surface area contributed by atoms with Crippen LogP contribution in [0.25, 0.3) is 0 Å². The van der Waals surface area contributed by atoms with E-state index in [1.807, 2.05) is 0 Å². The molecule has 0 aliphatic carbocycles. The van der Waals surface area contributed by atoms with Gasteiger partial charge in [0.05, 0.1) is 13.2 Å². The van der Waals surface area contributed by atoms with Crippen molar-refractivity contribution in [3.63, 3.8) is 0 Å². The number of rotatable bonds is 9. The van der Waals surface area contributed by atoms with Crippen LogP contribution in [0.2, 0.25) is 5.02 Å². The smallest absolute Gasteiger partial charge is 0.188 e. The van der Waals surface area contributed by atoms with Crippen molar-refractivity contribution in [1.82, 2.24) is 0 Å². The van der Waals surface area contributed by atoms with Crippen molar-refractivity contribution in [3.05, 3.63) is 34.9 Å². The summed E-state index contributed by atoms with van der Waals surface area (Å²) in [5, 5.41) is 0.559. The minimum atomic E-state index is -0.0638. The van der Waals surface area contributed by atoms with Crippen LogP contribution in [0.4, 0.5) is 0 Å². The normalized spacial score (nSPS) is 10.6. The molecule has 0 aromatic heterocycles. The van der Waals surface area contributed by atoms with Crippen molar-refractivity contribution in [3.8, 4) is 0 Å². The molecule has 18 heavy (non-hydrogen) atoms. The first-order chi connectivity index (χ1) is 8.74. The van der Waals surface area contributed by atoms with Crippen molar-refractivity contribution in [2.24, 2.45) is 0 Å². The Labute approximate surface area is 113 Å². The van der Waals surface area contributed by atoms with Gasteiger partial charge in [-0.15, -0.1) is 0 Å². The van der Waals surface area contributed by atoms with Crippen LogP contribution in [-0.4, -0.2) is 32.2 Å². The number of carbonyl (C=O) groups excluding carboxylic acids is 1. The number of halogens is 1. The lowest BCUT2D eigenvalue weighted by Crippen LogP contribution is -2.12. The Bertz CT molecular complexity index is 366. The van der Waals surface area contributed by atoms with E-state index < -0.39 is 0 Å². The first-order valence-corrected chi connectivity index (χ1v) is 6.56. The molecule has 0 atom stereocenters. The molecule has 1 aromatic rings. The number of carbonyl (C=O) groups is 1. The highest BCUT2D eigenvalue weighted by atomic mass is 35.5. The van der Waals surface area contributed by atoms with Gasteiger partial charge in [-0.25, -0.2) is 0 Å². The maximum Gasteiger partial charge on any atom is 0.188 e. The molecular weight excluding hydrogens is 252 g/mol. The number of benzene rings is 1. The standard InChI is InChI=1S/C14H19ClO3/c1-2-3-7-17-8-9-18-11-14(16)12-5-4-6-13(15)10-12/h4-6,10H,2-3,7-9,11H2,1H3. The molecule has 1 aromatic carbocycles. The van der Waals surface area contributed by atoms with Gasteiger partial charge in [-0.3, -0.25) is 4.79 Å². The van der Waals surface area contributed by atoms with Gasteiger partial charge in [0.25, 0.3) is 0 Å². The summed E-state index contributed by atoms with van der Waals surface area (Å²) in [5.41, 5.74) is 0.578. The zero-order chi connectivity index (χ0) is 13.2. The average molecular weight is 271 g/mol. The second-order valence-corrected chi connectivity index (χ2v) is 4.39. The molecule has 0 radical (unpaired) electrons. The van der Waals surface area contributed by atoms with Crippen LogP contribution in [0.3, 0.4) is 0 Å². The molecule has 0 amide bonds. The molecule has 3 nitrogen and oxygen atoms in total. The second-order valence-electron chi connectivity index (χ2n) is 3.95. The molecule has 0 fully saturated rings. The predicted octanol–water partition coefficient (Wildman–Crippen LogP) is 3.36. The molecule has 0 unspecified atom stereocenters. The fourth-order valence-corrected chi connectivity index (χ4v) is 1.57. The Morgan fingerprint density at radius 1 is 1.22 bits per heavy atom. The summed E-state index contributed by atoms with van der Waals surface area (Å²) in [5.74, 6) is -0.0638. The molecular formula is C14H19ClO3. The lowest BCUT2D eigenvalue weighted by Gasteiger charge is -2.05. The molecule has 0 bridgehead atoms. The van der Waals surface area contributed by atoms with Crippen molar-refractivity contribution >= 4 is 17.4 Å². The molecule has 0 spiro atoms. The molecule has 0 aliphatic heterocycles. The molecule has 1 rings (SSSR count). The molecule has 0 aliphatic rings. The third kappa shape index (κ3) is 6.15. The largest absolute Gasteiger partial charge is 0.379 e. The van der Waals surface area contributed by atoms with E-state index in [4.69, 9.17) is 21.1 Å². The maximum absolute atomic E-state index is 11.7. The SMILES string of the molecule is CCCCOCCOCC(=O)c1cccc(Cl)c1. The van der Waals surface area contributed by atoms with Crippen LogP contribution >= 0.6 is 11.6 Å². The number of unbranched alkanes of at least 4 members (excludes halogenated alkanes) is 1. The number of Topliss-reactive ketones (excluding diaryl/α,β-unsaturated/α-hetero) is 1. The lowest BCUT2D eigenvalue weighted by molar-refractivity contribution is 0.0432. The highest BCUT2D eigenvalue weighted by Crippen LogP contribution is 2.11. The summed E-state index contributed by atoms with van der Waals surface area (Å²) in [7, 11) is 0. The third-order valence-electron chi connectivity index (χ3n) is 2.39. The Morgan fingerprint density at radius 3 is 2.72 bits per heavy atom. The number of hydrogen-bond donors (Lipinski definition) is 0. The van der Waals surface area contributed by atoms with E-state index in [9.17, 15) is 4.79 Å². The van der Waals surface area contributed by atoms with Crippen LogP contribution in [-0.2, 0) is 9.47 Å². The van der Waals surface area contributed by atoms with Gasteiger partial charge in [-0.2, -0.15) is 0 Å². The highest BCUT2D eigenvalue weighted by molar-refractivity contribution is 6.31. The summed E-state index contributed by atoms with van der Waals surface area (Å²) < 4.78 is 10.6. The minimum Gasteiger partial charge on any atom is -0.379 e. The minimum absolute atomic E-state index is 0.0638. The van der Waals surface area contributed by atoms with Crippen molar-refractivity contribution in [2.75, 3.05) is 26.4 Å². The Hall–Kier alpha value is -0.900. The van der Waals surface area contributed by atoms with E-state index in [-0.39, 0.29) is 12.4 Å². The van der Waals surface area contributed by atoms with Gasteiger partial charge in [0.1, 0.15) is 6.61 Å². The highest BCUT2D eigenvalue weighted by Gasteiger charge is 2.05. The maximum atomic E-state index is 11.7. The fraction of sp³-hybridized carbons (Fsp3) is 0.500. The van der Waals surface area contributed by atoms with E-state index >= 15 is 0 Å². The molecule has 0 heterocycles. The van der Waals surface area contributed by atoms with Gasteiger partial charge >= 0.3 is 0 Å². The lowest BCUT2D eigenvalue weighted by atomic mass is 10.1. The van der Waals surface area contributed by atoms with E-state index in [1.165, 1.54) is 0 Å². The summed E-state index contributed by atoms with van der Waals surface area (Å²) >= 11 is 5.81. The Balaban J connectivity index is 2.14. The van der Waals surface area contributed by atoms with Gasteiger partial charge in [0, 0.05) is 17.2 Å². The molecule has 0 N–H and O–H groups in total. The zero-order valence-electron chi connectivity index (χ0n) is 10.7. The molecule has 4 heteroatoms.